The summed E-state index contributed by atoms with van der Waals surface area (Å²) in [4.78, 5) is 7.08. The first-order valence-corrected chi connectivity index (χ1v) is 9.25. The van der Waals surface area contributed by atoms with Crippen LogP contribution in [0.2, 0.25) is 5.02 Å². The fourth-order valence-corrected chi connectivity index (χ4v) is 2.85. The smallest absolute Gasteiger partial charge is 0.191 e. The molecule has 8 heteroatoms. The SMILES string of the molecule is CCNC(=NCc1ccc(Cl)cc1OC)NCCCN1CCOCC1.I. The lowest BCUT2D eigenvalue weighted by atomic mass is 10.2. The number of halogens is 2. The summed E-state index contributed by atoms with van der Waals surface area (Å²) in [7, 11) is 1.65. The Morgan fingerprint density at radius 1 is 1.31 bits per heavy atom. The molecule has 0 bridgehead atoms. The van der Waals surface area contributed by atoms with Crippen LogP contribution >= 0.6 is 35.6 Å². The molecule has 0 unspecified atom stereocenters. The van der Waals surface area contributed by atoms with Crippen LogP contribution in [0.3, 0.4) is 0 Å². The number of hydrogen-bond acceptors (Lipinski definition) is 4. The van der Waals surface area contributed by atoms with Gasteiger partial charge in [-0.05, 0) is 32.0 Å². The number of aliphatic imine (C=N–C) groups is 1. The normalized spacial score (nSPS) is 15.3. The molecule has 0 radical (unpaired) electrons. The lowest BCUT2D eigenvalue weighted by Gasteiger charge is -2.26. The predicted molar refractivity (Wildman–Crippen MR) is 118 cm³/mol. The van der Waals surface area contributed by atoms with Crippen molar-refractivity contribution in [2.75, 3.05) is 53.0 Å². The highest BCUT2D eigenvalue weighted by Crippen LogP contribution is 2.23. The van der Waals surface area contributed by atoms with Crippen molar-refractivity contribution in [2.45, 2.75) is 19.9 Å². The van der Waals surface area contributed by atoms with E-state index in [0.717, 1.165) is 69.6 Å². The van der Waals surface area contributed by atoms with E-state index < -0.39 is 0 Å². The van der Waals surface area contributed by atoms with Gasteiger partial charge in [0.05, 0.1) is 26.9 Å². The van der Waals surface area contributed by atoms with Crippen molar-refractivity contribution in [3.05, 3.63) is 28.8 Å². The van der Waals surface area contributed by atoms with Gasteiger partial charge in [-0.25, -0.2) is 4.99 Å². The molecule has 2 N–H and O–H groups in total. The number of hydrogen-bond donors (Lipinski definition) is 2. The molecule has 148 valence electrons. The Morgan fingerprint density at radius 3 is 2.77 bits per heavy atom. The molecule has 0 aromatic heterocycles. The van der Waals surface area contributed by atoms with Gasteiger partial charge in [0.25, 0.3) is 0 Å². The zero-order valence-electron chi connectivity index (χ0n) is 15.6. The number of benzene rings is 1. The van der Waals surface area contributed by atoms with E-state index in [-0.39, 0.29) is 24.0 Å². The number of morpholine rings is 1. The summed E-state index contributed by atoms with van der Waals surface area (Å²) in [5.74, 6) is 1.58. The maximum absolute atomic E-state index is 6.00. The van der Waals surface area contributed by atoms with E-state index in [4.69, 9.17) is 21.1 Å². The van der Waals surface area contributed by atoms with Crippen LogP contribution in [0.1, 0.15) is 18.9 Å². The Balaban J connectivity index is 0.00000338. The Kier molecular flexibility index (Phi) is 12.0. The summed E-state index contributed by atoms with van der Waals surface area (Å²) < 4.78 is 10.7. The third-order valence-corrected chi connectivity index (χ3v) is 4.28. The standard InChI is InChI=1S/C18H29ClN4O2.HI/c1-3-20-18(21-7-4-8-23-9-11-25-12-10-23)22-14-15-5-6-16(19)13-17(15)24-2;/h5-6,13H,3-4,7-12,14H2,1-2H3,(H2,20,21,22);1H. The third-order valence-electron chi connectivity index (χ3n) is 4.05. The van der Waals surface area contributed by atoms with Gasteiger partial charge in [-0.2, -0.15) is 0 Å². The number of methoxy groups -OCH3 is 1. The van der Waals surface area contributed by atoms with Crippen molar-refractivity contribution >= 4 is 41.5 Å². The molecule has 26 heavy (non-hydrogen) atoms. The van der Waals surface area contributed by atoms with Gasteiger partial charge >= 0.3 is 0 Å². The zero-order valence-corrected chi connectivity index (χ0v) is 18.7. The second-order valence-electron chi connectivity index (χ2n) is 5.89. The van der Waals surface area contributed by atoms with Gasteiger partial charge in [0, 0.05) is 36.8 Å². The molecule has 0 spiro atoms. The third kappa shape index (κ3) is 8.28. The highest BCUT2D eigenvalue weighted by Gasteiger charge is 2.09. The van der Waals surface area contributed by atoms with Crippen LogP contribution in [0.5, 0.6) is 5.75 Å². The number of ether oxygens (including phenoxy) is 2. The Bertz CT molecular complexity index is 554. The molecule has 1 aliphatic heterocycles. The van der Waals surface area contributed by atoms with Crippen molar-refractivity contribution < 1.29 is 9.47 Å². The van der Waals surface area contributed by atoms with Gasteiger partial charge in [0.15, 0.2) is 5.96 Å². The van der Waals surface area contributed by atoms with Crippen LogP contribution < -0.4 is 15.4 Å². The van der Waals surface area contributed by atoms with Crippen LogP contribution in [-0.4, -0.2) is 63.9 Å². The minimum Gasteiger partial charge on any atom is -0.496 e. The molecule has 1 heterocycles. The molecule has 0 amide bonds. The predicted octanol–water partition coefficient (Wildman–Crippen LogP) is 2.74. The van der Waals surface area contributed by atoms with Crippen LogP contribution in [0, 0.1) is 0 Å². The van der Waals surface area contributed by atoms with Crippen LogP contribution in [0.25, 0.3) is 0 Å². The first kappa shape index (κ1) is 23.3. The van der Waals surface area contributed by atoms with Crippen molar-refractivity contribution in [3.8, 4) is 5.75 Å². The summed E-state index contributed by atoms with van der Waals surface area (Å²) in [6.07, 6.45) is 1.08. The summed E-state index contributed by atoms with van der Waals surface area (Å²) in [6, 6.07) is 5.62. The molecule has 1 aliphatic rings. The largest absolute Gasteiger partial charge is 0.496 e. The maximum Gasteiger partial charge on any atom is 0.191 e. The Morgan fingerprint density at radius 2 is 2.08 bits per heavy atom. The molecule has 6 nitrogen and oxygen atoms in total. The van der Waals surface area contributed by atoms with Gasteiger partial charge in [-0.3, -0.25) is 4.90 Å². The van der Waals surface area contributed by atoms with Crippen LogP contribution in [0.4, 0.5) is 0 Å². The lowest BCUT2D eigenvalue weighted by Crippen LogP contribution is -2.40. The van der Waals surface area contributed by atoms with Gasteiger partial charge in [-0.15, -0.1) is 24.0 Å². The Labute approximate surface area is 178 Å². The molecule has 1 saturated heterocycles. The average Bonchev–Trinajstić information content (AvgIpc) is 2.64. The fourth-order valence-electron chi connectivity index (χ4n) is 2.69. The average molecular weight is 497 g/mol. The minimum atomic E-state index is 0. The molecule has 1 aromatic carbocycles. The molecule has 0 atom stereocenters. The number of nitrogens with zero attached hydrogens (tertiary/aromatic N) is 2. The number of guanidine groups is 1. The first-order chi connectivity index (χ1) is 12.2. The highest BCUT2D eigenvalue weighted by molar-refractivity contribution is 14.0. The second kappa shape index (κ2) is 13.4. The van der Waals surface area contributed by atoms with Crippen molar-refractivity contribution in [2.24, 2.45) is 4.99 Å². The summed E-state index contributed by atoms with van der Waals surface area (Å²) >= 11 is 6.00. The van der Waals surface area contributed by atoms with E-state index in [1.165, 1.54) is 0 Å². The van der Waals surface area contributed by atoms with E-state index >= 15 is 0 Å². The molecule has 0 aliphatic carbocycles. The lowest BCUT2D eigenvalue weighted by molar-refractivity contribution is 0.0376. The summed E-state index contributed by atoms with van der Waals surface area (Å²) in [5.41, 5.74) is 1.01. The van der Waals surface area contributed by atoms with Gasteiger partial charge in [0.2, 0.25) is 0 Å². The summed E-state index contributed by atoms with van der Waals surface area (Å²) in [5, 5.41) is 7.34. The van der Waals surface area contributed by atoms with Crippen molar-refractivity contribution in [1.29, 1.82) is 0 Å². The van der Waals surface area contributed by atoms with Gasteiger partial charge in [-0.1, -0.05) is 17.7 Å². The number of nitrogens with one attached hydrogen (secondary N) is 2. The van der Waals surface area contributed by atoms with Crippen LogP contribution in [-0.2, 0) is 11.3 Å². The van der Waals surface area contributed by atoms with Gasteiger partial charge in [0.1, 0.15) is 5.75 Å². The Hall–Kier alpha value is -0.770. The molecular weight excluding hydrogens is 467 g/mol. The van der Waals surface area contributed by atoms with E-state index in [9.17, 15) is 0 Å². The molecule has 1 aromatic rings. The monoisotopic (exact) mass is 496 g/mol. The minimum absolute atomic E-state index is 0. The van der Waals surface area contributed by atoms with Crippen molar-refractivity contribution in [1.82, 2.24) is 15.5 Å². The second-order valence-corrected chi connectivity index (χ2v) is 6.32. The first-order valence-electron chi connectivity index (χ1n) is 8.87. The van der Waals surface area contributed by atoms with Crippen LogP contribution in [0.15, 0.2) is 23.2 Å². The molecular formula is C18H30ClIN4O2. The van der Waals surface area contributed by atoms with E-state index in [1.807, 2.05) is 18.2 Å². The topological polar surface area (TPSA) is 58.1 Å². The van der Waals surface area contributed by atoms with Crippen molar-refractivity contribution in [3.63, 3.8) is 0 Å². The summed E-state index contributed by atoms with van der Waals surface area (Å²) in [6.45, 7) is 9.16. The fraction of sp³-hybridized carbons (Fsp3) is 0.611. The maximum atomic E-state index is 6.00. The molecule has 1 fully saturated rings. The highest BCUT2D eigenvalue weighted by atomic mass is 127. The number of rotatable bonds is 8. The quantitative estimate of drug-likeness (QED) is 0.251. The molecule has 0 saturated carbocycles. The van der Waals surface area contributed by atoms with Gasteiger partial charge < -0.3 is 20.1 Å². The zero-order chi connectivity index (χ0) is 17.9. The van der Waals surface area contributed by atoms with E-state index in [1.54, 1.807) is 7.11 Å². The molecule has 2 rings (SSSR count). The van der Waals surface area contributed by atoms with E-state index in [0.29, 0.717) is 11.6 Å². The van der Waals surface area contributed by atoms with E-state index in [2.05, 4.69) is 27.4 Å².